The van der Waals surface area contributed by atoms with E-state index in [2.05, 4.69) is 28.3 Å². The van der Waals surface area contributed by atoms with Crippen LogP contribution in [0, 0.1) is 0 Å². The van der Waals surface area contributed by atoms with Gasteiger partial charge in [-0.25, -0.2) is 0 Å². The number of fused-ring (bicyclic) bond motifs is 2. The largest absolute Gasteiger partial charge is 0.493 e. The average molecular weight is 440 g/mol. The Hall–Kier alpha value is -3.64. The smallest absolute Gasteiger partial charge is 0.253 e. The minimum absolute atomic E-state index is 0.0615. The van der Waals surface area contributed by atoms with Crippen LogP contribution >= 0.6 is 0 Å². The molecule has 0 unspecified atom stereocenters. The Labute approximate surface area is 192 Å². The van der Waals surface area contributed by atoms with Crippen LogP contribution in [0.5, 0.6) is 5.75 Å². The third-order valence-corrected chi connectivity index (χ3v) is 6.58. The number of carbonyl (C=O) groups excluding carboxylic acids is 1. The maximum atomic E-state index is 13.2. The van der Waals surface area contributed by atoms with Crippen molar-refractivity contribution < 1.29 is 14.1 Å². The summed E-state index contributed by atoms with van der Waals surface area (Å²) in [5, 5.41) is 5.03. The zero-order valence-corrected chi connectivity index (χ0v) is 18.4. The molecule has 0 aliphatic carbocycles. The van der Waals surface area contributed by atoms with Gasteiger partial charge < -0.3 is 14.2 Å². The molecule has 1 amide bonds. The summed E-state index contributed by atoms with van der Waals surface area (Å²) in [7, 11) is 0. The number of hydrogen-bond acceptors (Lipinski definition) is 5. The van der Waals surface area contributed by atoms with Gasteiger partial charge in [-0.2, -0.15) is 0 Å². The quantitative estimate of drug-likeness (QED) is 0.472. The van der Waals surface area contributed by atoms with E-state index in [1.54, 1.807) is 0 Å². The lowest BCUT2D eigenvalue weighted by atomic mass is 10.1. The molecular formula is C27H25N3O3. The summed E-state index contributed by atoms with van der Waals surface area (Å²) in [5.74, 6) is 1.78. The number of carbonyl (C=O) groups is 1. The highest BCUT2D eigenvalue weighted by Crippen LogP contribution is 2.30. The third kappa shape index (κ3) is 3.87. The molecule has 0 spiro atoms. The van der Waals surface area contributed by atoms with Gasteiger partial charge in [0.15, 0.2) is 5.76 Å². The number of hydrogen-bond donors (Lipinski definition) is 0. The highest BCUT2D eigenvalue weighted by Gasteiger charge is 2.24. The lowest BCUT2D eigenvalue weighted by molar-refractivity contribution is 0.0628. The van der Waals surface area contributed by atoms with Crippen LogP contribution < -0.4 is 4.74 Å². The predicted molar refractivity (Wildman–Crippen MR) is 126 cm³/mol. The fourth-order valence-electron chi connectivity index (χ4n) is 4.76. The number of ether oxygens (including phenoxy) is 1. The SMILES string of the molecule is O=C(c1ccc2noc(-c3ccccc3)c2c1)N1CCN(Cc2ccc3c(c2)CCO3)CC1. The summed E-state index contributed by atoms with van der Waals surface area (Å²) < 4.78 is 11.2. The fraction of sp³-hybridized carbons (Fsp3) is 0.259. The van der Waals surface area contributed by atoms with Gasteiger partial charge in [0.2, 0.25) is 0 Å². The second-order valence-corrected chi connectivity index (χ2v) is 8.72. The van der Waals surface area contributed by atoms with Crippen molar-refractivity contribution in [2.45, 2.75) is 13.0 Å². The van der Waals surface area contributed by atoms with Gasteiger partial charge in [0.25, 0.3) is 5.91 Å². The van der Waals surface area contributed by atoms with Crippen LogP contribution in [0.1, 0.15) is 21.5 Å². The molecule has 4 aromatic rings. The van der Waals surface area contributed by atoms with Crippen molar-refractivity contribution in [3.8, 4) is 17.1 Å². The van der Waals surface area contributed by atoms with Gasteiger partial charge in [-0.15, -0.1) is 0 Å². The molecule has 1 aromatic heterocycles. The van der Waals surface area contributed by atoms with E-state index in [0.29, 0.717) is 11.3 Å². The van der Waals surface area contributed by atoms with E-state index in [4.69, 9.17) is 9.26 Å². The topological polar surface area (TPSA) is 58.8 Å². The molecular weight excluding hydrogens is 414 g/mol. The Kier molecular flexibility index (Phi) is 5.07. The van der Waals surface area contributed by atoms with Crippen molar-refractivity contribution in [3.05, 3.63) is 83.4 Å². The molecule has 3 heterocycles. The van der Waals surface area contributed by atoms with Gasteiger partial charge in [0.1, 0.15) is 11.3 Å². The minimum atomic E-state index is 0.0615. The van der Waals surface area contributed by atoms with Gasteiger partial charge in [-0.05, 0) is 35.4 Å². The lowest BCUT2D eigenvalue weighted by Gasteiger charge is -2.34. The summed E-state index contributed by atoms with van der Waals surface area (Å²) in [4.78, 5) is 17.6. The molecule has 6 heteroatoms. The Bertz CT molecular complexity index is 1310. The molecule has 1 saturated heterocycles. The Morgan fingerprint density at radius 1 is 0.939 bits per heavy atom. The fourth-order valence-corrected chi connectivity index (χ4v) is 4.76. The number of piperazine rings is 1. The Morgan fingerprint density at radius 3 is 2.64 bits per heavy atom. The first-order valence-electron chi connectivity index (χ1n) is 11.5. The van der Waals surface area contributed by atoms with Gasteiger partial charge in [-0.3, -0.25) is 9.69 Å². The van der Waals surface area contributed by atoms with E-state index in [9.17, 15) is 4.79 Å². The summed E-state index contributed by atoms with van der Waals surface area (Å²) in [6.07, 6.45) is 0.994. The molecule has 1 fully saturated rings. The monoisotopic (exact) mass is 439 g/mol. The van der Waals surface area contributed by atoms with Gasteiger partial charge in [-0.1, -0.05) is 47.6 Å². The molecule has 0 bridgehead atoms. The molecule has 0 saturated carbocycles. The number of rotatable bonds is 4. The Balaban J connectivity index is 1.14. The van der Waals surface area contributed by atoms with Crippen LogP contribution in [0.3, 0.4) is 0 Å². The molecule has 33 heavy (non-hydrogen) atoms. The number of nitrogens with zero attached hydrogens (tertiary/aromatic N) is 3. The van der Waals surface area contributed by atoms with Crippen molar-refractivity contribution >= 4 is 16.8 Å². The number of amides is 1. The van der Waals surface area contributed by atoms with Crippen molar-refractivity contribution in [1.29, 1.82) is 0 Å². The van der Waals surface area contributed by atoms with Crippen molar-refractivity contribution in [3.63, 3.8) is 0 Å². The molecule has 3 aromatic carbocycles. The maximum Gasteiger partial charge on any atom is 0.253 e. The second kappa shape index (κ2) is 8.37. The Morgan fingerprint density at radius 2 is 1.79 bits per heavy atom. The standard InChI is InChI=1S/C27H25N3O3/c31-27(22-7-8-24-23(17-22)26(33-28-24)20-4-2-1-3-5-20)30-13-11-29(12-14-30)18-19-6-9-25-21(16-19)10-15-32-25/h1-9,16-17H,10-15,18H2. The highest BCUT2D eigenvalue weighted by atomic mass is 16.5. The zero-order valence-electron chi connectivity index (χ0n) is 18.4. The molecule has 2 aliphatic heterocycles. The number of aromatic nitrogens is 1. The molecule has 166 valence electrons. The summed E-state index contributed by atoms with van der Waals surface area (Å²) in [6, 6.07) is 22.0. The van der Waals surface area contributed by atoms with Crippen molar-refractivity contribution in [1.82, 2.24) is 15.0 Å². The first-order chi connectivity index (χ1) is 16.2. The minimum Gasteiger partial charge on any atom is -0.493 e. The van der Waals surface area contributed by atoms with E-state index in [1.807, 2.05) is 53.4 Å². The zero-order chi connectivity index (χ0) is 22.2. The first-order valence-corrected chi connectivity index (χ1v) is 11.5. The summed E-state index contributed by atoms with van der Waals surface area (Å²) >= 11 is 0. The van der Waals surface area contributed by atoms with E-state index in [-0.39, 0.29) is 5.91 Å². The highest BCUT2D eigenvalue weighted by molar-refractivity contribution is 6.01. The van der Waals surface area contributed by atoms with Gasteiger partial charge in [0.05, 0.1) is 12.0 Å². The third-order valence-electron chi connectivity index (χ3n) is 6.58. The average Bonchev–Trinajstić information content (AvgIpc) is 3.51. The molecule has 0 radical (unpaired) electrons. The van der Waals surface area contributed by atoms with Crippen molar-refractivity contribution in [2.75, 3.05) is 32.8 Å². The summed E-state index contributed by atoms with van der Waals surface area (Å²) in [6.45, 7) is 4.86. The van der Waals surface area contributed by atoms with E-state index in [1.165, 1.54) is 11.1 Å². The maximum absolute atomic E-state index is 13.2. The number of benzene rings is 3. The van der Waals surface area contributed by atoms with E-state index < -0.39 is 0 Å². The van der Waals surface area contributed by atoms with Crippen LogP contribution in [-0.2, 0) is 13.0 Å². The van der Waals surface area contributed by atoms with Crippen LogP contribution in [0.4, 0.5) is 0 Å². The second-order valence-electron chi connectivity index (χ2n) is 8.72. The van der Waals surface area contributed by atoms with E-state index in [0.717, 1.165) is 68.0 Å². The van der Waals surface area contributed by atoms with Crippen LogP contribution in [0.25, 0.3) is 22.2 Å². The van der Waals surface area contributed by atoms with Gasteiger partial charge >= 0.3 is 0 Å². The van der Waals surface area contributed by atoms with Gasteiger partial charge in [0, 0.05) is 50.3 Å². The predicted octanol–water partition coefficient (Wildman–Crippen LogP) is 4.39. The van der Waals surface area contributed by atoms with Crippen molar-refractivity contribution in [2.24, 2.45) is 0 Å². The molecule has 6 rings (SSSR count). The molecule has 6 nitrogen and oxygen atoms in total. The molecule has 0 atom stereocenters. The first kappa shape index (κ1) is 20.0. The lowest BCUT2D eigenvalue weighted by Crippen LogP contribution is -2.48. The summed E-state index contributed by atoms with van der Waals surface area (Å²) in [5.41, 5.74) is 5.01. The van der Waals surface area contributed by atoms with E-state index >= 15 is 0 Å². The van der Waals surface area contributed by atoms with Crippen LogP contribution in [-0.4, -0.2) is 53.6 Å². The van der Waals surface area contributed by atoms with Crippen LogP contribution in [0.15, 0.2) is 71.3 Å². The normalized spacial score (nSPS) is 16.1. The molecule has 2 aliphatic rings. The van der Waals surface area contributed by atoms with Crippen LogP contribution in [0.2, 0.25) is 0 Å². The molecule has 0 N–H and O–H groups in total.